The number of ketones is 2. The van der Waals surface area contributed by atoms with E-state index in [2.05, 4.69) is 104 Å². The van der Waals surface area contributed by atoms with Crippen molar-refractivity contribution in [2.24, 2.45) is 0 Å². The van der Waals surface area contributed by atoms with E-state index in [1.54, 1.807) is 0 Å². The molecule has 10 heteroatoms. The Labute approximate surface area is 299 Å². The van der Waals surface area contributed by atoms with E-state index in [1.807, 2.05) is 48.5 Å². The molecule has 2 aromatic heterocycles. The van der Waals surface area contributed by atoms with Gasteiger partial charge in [0.25, 0.3) is 0 Å². The third-order valence-corrected chi connectivity index (χ3v) is 10.2. The maximum atomic E-state index is 11.7. The molecule has 2 N–H and O–H groups in total. The molecule has 0 radical (unpaired) electrons. The Morgan fingerprint density at radius 2 is 1.06 bits per heavy atom. The van der Waals surface area contributed by atoms with Gasteiger partial charge < -0.3 is 20.1 Å². The highest BCUT2D eigenvalue weighted by molar-refractivity contribution is 9.10. The summed E-state index contributed by atoms with van der Waals surface area (Å²) in [5, 5.41) is 7.18. The number of carbonyl (C=O) groups excluding carboxylic acids is 2. The third kappa shape index (κ3) is 7.88. The number of rotatable bonds is 10. The van der Waals surface area contributed by atoms with Gasteiger partial charge in [-0.2, -0.15) is 0 Å². The van der Waals surface area contributed by atoms with Crippen LogP contribution in [0.3, 0.4) is 0 Å². The number of hydrogen-bond donors (Lipinski definition) is 2. The summed E-state index contributed by atoms with van der Waals surface area (Å²) < 4.78 is 12.9. The van der Waals surface area contributed by atoms with Gasteiger partial charge in [-0.25, -0.2) is 9.97 Å². The average Bonchev–Trinajstić information content (AvgIpc) is 3.61. The number of pyridine rings is 2. The van der Waals surface area contributed by atoms with E-state index in [-0.39, 0.29) is 34.5 Å². The molecular formula is C38H42Br2N4O4. The molecule has 2 aliphatic rings. The van der Waals surface area contributed by atoms with Crippen LogP contribution in [0.1, 0.15) is 96.9 Å². The van der Waals surface area contributed by atoms with Gasteiger partial charge in [0, 0.05) is 61.0 Å². The standard InChI is InChI=1S/2C19H21BrN2O2/c2*1-12(14-7-5-4-6-8-14)21-10-19(3)11-24-17-15(19)9-16(13(2)23)22-18(17)20/h2*4-9,12,21H,10-11H2,1-3H3/t12-,19+;12-,19-/m00/s1. The van der Waals surface area contributed by atoms with Crippen molar-refractivity contribution in [3.05, 3.63) is 116 Å². The Morgan fingerprint density at radius 3 is 1.40 bits per heavy atom. The van der Waals surface area contributed by atoms with Gasteiger partial charge in [-0.15, -0.1) is 0 Å². The van der Waals surface area contributed by atoms with E-state index in [0.29, 0.717) is 33.8 Å². The van der Waals surface area contributed by atoms with Crippen LogP contribution in [0.15, 0.2) is 82.0 Å². The molecule has 0 spiro atoms. The molecule has 4 heterocycles. The van der Waals surface area contributed by atoms with E-state index < -0.39 is 0 Å². The number of nitrogens with one attached hydrogen (secondary N) is 2. The van der Waals surface area contributed by atoms with Crippen LogP contribution in [0.2, 0.25) is 0 Å². The van der Waals surface area contributed by atoms with Gasteiger partial charge >= 0.3 is 0 Å². The normalized spacial score (nSPS) is 20.3. The van der Waals surface area contributed by atoms with Gasteiger partial charge in [-0.3, -0.25) is 9.59 Å². The second kappa shape index (κ2) is 15.0. The Morgan fingerprint density at radius 1 is 0.708 bits per heavy atom. The van der Waals surface area contributed by atoms with Crippen molar-refractivity contribution in [1.29, 1.82) is 0 Å². The van der Waals surface area contributed by atoms with Crippen LogP contribution < -0.4 is 20.1 Å². The molecule has 0 fully saturated rings. The number of fused-ring (bicyclic) bond motifs is 2. The molecule has 2 aliphatic heterocycles. The summed E-state index contributed by atoms with van der Waals surface area (Å²) in [6.45, 7) is 14.3. The monoisotopic (exact) mass is 776 g/mol. The highest BCUT2D eigenvalue weighted by atomic mass is 79.9. The number of halogens is 2. The second-order valence-electron chi connectivity index (χ2n) is 13.2. The fourth-order valence-electron chi connectivity index (χ4n) is 5.92. The predicted octanol–water partition coefficient (Wildman–Crippen LogP) is 8.10. The summed E-state index contributed by atoms with van der Waals surface area (Å²) in [5.41, 5.74) is 5.09. The number of benzene rings is 2. The van der Waals surface area contributed by atoms with Crippen molar-refractivity contribution in [3.63, 3.8) is 0 Å². The largest absolute Gasteiger partial charge is 0.489 e. The third-order valence-electron chi connectivity index (χ3n) is 9.15. The maximum Gasteiger partial charge on any atom is 0.178 e. The molecule has 0 saturated carbocycles. The Hall–Kier alpha value is -3.44. The summed E-state index contributed by atoms with van der Waals surface area (Å²) in [4.78, 5) is 32.0. The zero-order valence-electron chi connectivity index (χ0n) is 28.2. The quantitative estimate of drug-likeness (QED) is 0.123. The van der Waals surface area contributed by atoms with Gasteiger partial charge in [-0.1, -0.05) is 74.5 Å². The predicted molar refractivity (Wildman–Crippen MR) is 195 cm³/mol. The molecule has 4 aromatic rings. The fourth-order valence-corrected chi connectivity index (χ4v) is 6.96. The lowest BCUT2D eigenvalue weighted by molar-refractivity contribution is 0.1000. The molecule has 0 amide bonds. The average molecular weight is 779 g/mol. The van der Waals surface area contributed by atoms with Crippen molar-refractivity contribution in [3.8, 4) is 11.5 Å². The van der Waals surface area contributed by atoms with Crippen LogP contribution in [-0.4, -0.2) is 47.8 Å². The van der Waals surface area contributed by atoms with Gasteiger partial charge in [0.05, 0.1) is 13.2 Å². The summed E-state index contributed by atoms with van der Waals surface area (Å²) in [6.07, 6.45) is 0. The number of Topliss-reactive ketones (excluding diaryl/α,β-unsaturated/α-hetero) is 2. The highest BCUT2D eigenvalue weighted by Crippen LogP contribution is 2.44. The first-order valence-corrected chi connectivity index (χ1v) is 17.7. The number of hydrogen-bond acceptors (Lipinski definition) is 8. The van der Waals surface area contributed by atoms with E-state index in [4.69, 9.17) is 9.47 Å². The first kappa shape index (κ1) is 35.9. The minimum Gasteiger partial charge on any atom is -0.489 e. The molecule has 6 rings (SSSR count). The summed E-state index contributed by atoms with van der Waals surface area (Å²) in [6, 6.07) is 24.9. The minimum atomic E-state index is -0.200. The molecule has 8 nitrogen and oxygen atoms in total. The van der Waals surface area contributed by atoms with Crippen molar-refractivity contribution in [2.45, 2.75) is 64.5 Å². The van der Waals surface area contributed by atoms with Gasteiger partial charge in [-0.05, 0) is 69.0 Å². The minimum absolute atomic E-state index is 0.0432. The second-order valence-corrected chi connectivity index (χ2v) is 14.7. The van der Waals surface area contributed by atoms with Gasteiger partial charge in [0.2, 0.25) is 0 Å². The Balaban J connectivity index is 0.000000188. The molecule has 0 aliphatic carbocycles. The number of aromatic nitrogens is 2. The number of nitrogens with zero attached hydrogens (tertiary/aromatic N) is 2. The fraction of sp³-hybridized carbons (Fsp3) is 0.368. The van der Waals surface area contributed by atoms with E-state index in [0.717, 1.165) is 35.7 Å². The summed E-state index contributed by atoms with van der Waals surface area (Å²) in [7, 11) is 0. The van der Waals surface area contributed by atoms with Crippen LogP contribution in [0.25, 0.3) is 0 Å². The zero-order valence-corrected chi connectivity index (χ0v) is 31.4. The Kier molecular flexibility index (Phi) is 11.2. The van der Waals surface area contributed by atoms with Crippen LogP contribution in [-0.2, 0) is 10.8 Å². The molecule has 0 unspecified atom stereocenters. The molecule has 0 saturated heterocycles. The zero-order chi connectivity index (χ0) is 34.6. The molecule has 252 valence electrons. The van der Waals surface area contributed by atoms with E-state index in [9.17, 15) is 9.59 Å². The lowest BCUT2D eigenvalue weighted by Crippen LogP contribution is -2.38. The van der Waals surface area contributed by atoms with Crippen molar-refractivity contribution in [1.82, 2.24) is 20.6 Å². The molecule has 2 aromatic carbocycles. The van der Waals surface area contributed by atoms with Crippen LogP contribution in [0.4, 0.5) is 0 Å². The number of carbonyl (C=O) groups is 2. The van der Waals surface area contributed by atoms with Crippen molar-refractivity contribution < 1.29 is 19.1 Å². The van der Waals surface area contributed by atoms with Crippen molar-refractivity contribution >= 4 is 43.4 Å². The van der Waals surface area contributed by atoms with Crippen LogP contribution in [0.5, 0.6) is 11.5 Å². The molecule has 0 bridgehead atoms. The van der Waals surface area contributed by atoms with Crippen LogP contribution in [0, 0.1) is 0 Å². The highest BCUT2D eigenvalue weighted by Gasteiger charge is 2.40. The van der Waals surface area contributed by atoms with Crippen molar-refractivity contribution in [2.75, 3.05) is 26.3 Å². The molecule has 4 atom stereocenters. The SMILES string of the molecule is CC(=O)c1cc2c(c(Br)n1)OC[C@@]2(C)CN[C@@H](C)c1ccccc1.CC(=O)c1cc2c(c(Br)n1)OC[C@]2(C)CN[C@@H](C)c1ccccc1. The Bertz CT molecular complexity index is 1660. The van der Waals surface area contributed by atoms with Gasteiger partial charge in [0.15, 0.2) is 23.1 Å². The topological polar surface area (TPSA) is 102 Å². The first-order chi connectivity index (χ1) is 22.8. The first-order valence-electron chi connectivity index (χ1n) is 16.1. The summed E-state index contributed by atoms with van der Waals surface area (Å²) in [5.74, 6) is 1.41. The molecular weight excluding hydrogens is 736 g/mol. The lowest BCUT2D eigenvalue weighted by atomic mass is 9.84. The maximum absolute atomic E-state index is 11.7. The molecule has 48 heavy (non-hydrogen) atoms. The van der Waals surface area contributed by atoms with E-state index in [1.165, 1.54) is 25.0 Å². The summed E-state index contributed by atoms with van der Waals surface area (Å²) >= 11 is 6.85. The number of ether oxygens (including phenoxy) is 2. The van der Waals surface area contributed by atoms with Gasteiger partial charge in [0.1, 0.15) is 20.6 Å². The van der Waals surface area contributed by atoms with Crippen LogP contribution >= 0.6 is 31.9 Å². The van der Waals surface area contributed by atoms with E-state index >= 15 is 0 Å². The smallest absolute Gasteiger partial charge is 0.178 e. The lowest BCUT2D eigenvalue weighted by Gasteiger charge is -2.26.